The molecule has 1 rings (SSSR count). The molecule has 16 heavy (non-hydrogen) atoms. The molecule has 0 amide bonds. The molecule has 0 radical (unpaired) electrons. The maximum absolute atomic E-state index is 11.7. The van der Waals surface area contributed by atoms with Gasteiger partial charge in [-0.2, -0.15) is 0 Å². The van der Waals surface area contributed by atoms with Crippen LogP contribution in [-0.4, -0.2) is 24.6 Å². The van der Waals surface area contributed by atoms with Crippen molar-refractivity contribution in [3.63, 3.8) is 0 Å². The molecule has 1 aliphatic rings. The van der Waals surface area contributed by atoms with Crippen molar-refractivity contribution in [3.8, 4) is 0 Å². The minimum atomic E-state index is -1.16. The van der Waals surface area contributed by atoms with E-state index in [4.69, 9.17) is 4.74 Å². The van der Waals surface area contributed by atoms with Gasteiger partial charge in [-0.3, -0.25) is 14.4 Å². The van der Waals surface area contributed by atoms with E-state index in [0.29, 0.717) is 12.8 Å². The van der Waals surface area contributed by atoms with Crippen molar-refractivity contribution in [1.82, 2.24) is 0 Å². The van der Waals surface area contributed by atoms with E-state index < -0.39 is 11.4 Å². The molecule has 0 aromatic heterocycles. The molecule has 1 saturated carbocycles. The summed E-state index contributed by atoms with van der Waals surface area (Å²) in [5.41, 5.74) is -1.16. The highest BCUT2D eigenvalue weighted by molar-refractivity contribution is 6.03. The van der Waals surface area contributed by atoms with E-state index in [0.717, 1.165) is 12.8 Å². The molecule has 0 aromatic rings. The summed E-state index contributed by atoms with van der Waals surface area (Å²) in [4.78, 5) is 34.8. The SMILES string of the molecule is COC(=O)C(C)(C(C)=O)C1CCCC(=O)C1. The first-order chi connectivity index (χ1) is 7.42. The Morgan fingerprint density at radius 2 is 2.06 bits per heavy atom. The second-order valence-electron chi connectivity index (χ2n) is 4.58. The van der Waals surface area contributed by atoms with Crippen molar-refractivity contribution in [1.29, 1.82) is 0 Å². The lowest BCUT2D eigenvalue weighted by Gasteiger charge is -2.34. The predicted octanol–water partition coefficient (Wildman–Crippen LogP) is 1.51. The molecule has 4 heteroatoms. The number of hydrogen-bond donors (Lipinski definition) is 0. The molecule has 0 heterocycles. The molecule has 1 fully saturated rings. The number of carbonyl (C=O) groups is 3. The highest BCUT2D eigenvalue weighted by atomic mass is 16.5. The Morgan fingerprint density at radius 3 is 2.50 bits per heavy atom. The molecule has 2 unspecified atom stereocenters. The standard InChI is InChI=1S/C12H18O4/c1-8(13)12(2,11(15)16-3)9-5-4-6-10(14)7-9/h9H,4-7H2,1-3H3. The Labute approximate surface area is 95.3 Å². The maximum atomic E-state index is 11.7. The van der Waals surface area contributed by atoms with Gasteiger partial charge in [0.05, 0.1) is 7.11 Å². The first-order valence-electron chi connectivity index (χ1n) is 5.54. The van der Waals surface area contributed by atoms with Crippen LogP contribution < -0.4 is 0 Å². The summed E-state index contributed by atoms with van der Waals surface area (Å²) in [6.07, 6.45) is 2.36. The summed E-state index contributed by atoms with van der Waals surface area (Å²) in [6, 6.07) is 0. The number of ketones is 2. The fourth-order valence-corrected chi connectivity index (χ4v) is 2.33. The van der Waals surface area contributed by atoms with Crippen LogP contribution in [0.1, 0.15) is 39.5 Å². The fourth-order valence-electron chi connectivity index (χ4n) is 2.33. The minimum absolute atomic E-state index is 0.132. The summed E-state index contributed by atoms with van der Waals surface area (Å²) in [5, 5.41) is 0. The highest BCUT2D eigenvalue weighted by Crippen LogP contribution is 2.39. The van der Waals surface area contributed by atoms with Crippen molar-refractivity contribution in [2.75, 3.05) is 7.11 Å². The van der Waals surface area contributed by atoms with Crippen molar-refractivity contribution in [2.45, 2.75) is 39.5 Å². The number of esters is 1. The Bertz CT molecular complexity index is 321. The van der Waals surface area contributed by atoms with Gasteiger partial charge >= 0.3 is 5.97 Å². The quantitative estimate of drug-likeness (QED) is 0.540. The van der Waals surface area contributed by atoms with Gasteiger partial charge in [-0.15, -0.1) is 0 Å². The van der Waals surface area contributed by atoms with Crippen LogP contribution in [0.5, 0.6) is 0 Å². The molecular weight excluding hydrogens is 208 g/mol. The van der Waals surface area contributed by atoms with Crippen LogP contribution in [0.3, 0.4) is 0 Å². The maximum Gasteiger partial charge on any atom is 0.319 e. The van der Waals surface area contributed by atoms with Crippen molar-refractivity contribution in [2.24, 2.45) is 11.3 Å². The van der Waals surface area contributed by atoms with Crippen LogP contribution in [-0.2, 0) is 19.1 Å². The lowest BCUT2D eigenvalue weighted by atomic mass is 9.67. The monoisotopic (exact) mass is 226 g/mol. The van der Waals surface area contributed by atoms with E-state index in [1.165, 1.54) is 14.0 Å². The summed E-state index contributed by atoms with van der Waals surface area (Å²) in [7, 11) is 1.27. The first kappa shape index (κ1) is 12.9. The zero-order valence-electron chi connectivity index (χ0n) is 10.0. The van der Waals surface area contributed by atoms with Crippen LogP contribution in [0.4, 0.5) is 0 Å². The van der Waals surface area contributed by atoms with Crippen LogP contribution in [0.25, 0.3) is 0 Å². The summed E-state index contributed by atoms with van der Waals surface area (Å²) >= 11 is 0. The van der Waals surface area contributed by atoms with Gasteiger partial charge in [0.15, 0.2) is 0 Å². The molecule has 2 atom stereocenters. The van der Waals surface area contributed by atoms with Crippen molar-refractivity contribution >= 4 is 17.5 Å². The molecule has 0 aromatic carbocycles. The van der Waals surface area contributed by atoms with Gasteiger partial charge in [-0.25, -0.2) is 0 Å². The average Bonchev–Trinajstić information content (AvgIpc) is 2.26. The Balaban J connectivity index is 2.97. The Morgan fingerprint density at radius 1 is 1.44 bits per heavy atom. The van der Waals surface area contributed by atoms with E-state index in [1.807, 2.05) is 0 Å². The van der Waals surface area contributed by atoms with Crippen LogP contribution in [0.2, 0.25) is 0 Å². The molecule has 0 bridgehead atoms. The zero-order valence-corrected chi connectivity index (χ0v) is 10.0. The highest BCUT2D eigenvalue weighted by Gasteiger charge is 2.47. The first-order valence-corrected chi connectivity index (χ1v) is 5.54. The molecule has 4 nitrogen and oxygen atoms in total. The second kappa shape index (κ2) is 4.76. The predicted molar refractivity (Wildman–Crippen MR) is 57.8 cm³/mol. The van der Waals surface area contributed by atoms with Gasteiger partial charge in [0, 0.05) is 12.8 Å². The molecular formula is C12H18O4. The summed E-state index contributed by atoms with van der Waals surface area (Å²) in [6.45, 7) is 2.97. The molecule has 0 aliphatic heterocycles. The van der Waals surface area contributed by atoms with Gasteiger partial charge in [-0.1, -0.05) is 0 Å². The molecule has 0 saturated heterocycles. The third-order valence-electron chi connectivity index (χ3n) is 3.64. The molecule has 1 aliphatic carbocycles. The number of Topliss-reactive ketones (excluding diaryl/α,β-unsaturated/α-hetero) is 2. The number of methoxy groups -OCH3 is 1. The van der Waals surface area contributed by atoms with Crippen molar-refractivity contribution in [3.05, 3.63) is 0 Å². The van der Waals surface area contributed by atoms with E-state index in [9.17, 15) is 14.4 Å². The van der Waals surface area contributed by atoms with Gasteiger partial charge in [0.1, 0.15) is 17.0 Å². The number of hydrogen-bond acceptors (Lipinski definition) is 4. The zero-order chi connectivity index (χ0) is 12.3. The lowest BCUT2D eigenvalue weighted by molar-refractivity contribution is -0.161. The smallest absolute Gasteiger partial charge is 0.319 e. The summed E-state index contributed by atoms with van der Waals surface area (Å²) in [5.74, 6) is -0.829. The van der Waals surface area contributed by atoms with E-state index >= 15 is 0 Å². The topological polar surface area (TPSA) is 60.4 Å². The number of carbonyl (C=O) groups excluding carboxylic acids is 3. The van der Waals surface area contributed by atoms with Crippen LogP contribution in [0.15, 0.2) is 0 Å². The van der Waals surface area contributed by atoms with Crippen LogP contribution >= 0.6 is 0 Å². The lowest BCUT2D eigenvalue weighted by Crippen LogP contribution is -2.44. The average molecular weight is 226 g/mol. The van der Waals surface area contributed by atoms with E-state index in [1.54, 1.807) is 6.92 Å². The third-order valence-corrected chi connectivity index (χ3v) is 3.64. The van der Waals surface area contributed by atoms with Gasteiger partial charge < -0.3 is 4.74 Å². The number of ether oxygens (including phenoxy) is 1. The molecule has 0 N–H and O–H groups in total. The van der Waals surface area contributed by atoms with Gasteiger partial charge in [0.25, 0.3) is 0 Å². The molecule has 90 valence electrons. The summed E-state index contributed by atoms with van der Waals surface area (Å²) < 4.78 is 4.69. The fraction of sp³-hybridized carbons (Fsp3) is 0.750. The normalized spacial score (nSPS) is 24.7. The third kappa shape index (κ3) is 2.15. The van der Waals surface area contributed by atoms with E-state index in [2.05, 4.69) is 0 Å². The Kier molecular flexibility index (Phi) is 3.83. The largest absolute Gasteiger partial charge is 0.468 e. The van der Waals surface area contributed by atoms with Crippen LogP contribution in [0, 0.1) is 11.3 Å². The van der Waals surface area contributed by atoms with E-state index in [-0.39, 0.29) is 17.5 Å². The minimum Gasteiger partial charge on any atom is -0.468 e. The van der Waals surface area contributed by atoms with Gasteiger partial charge in [-0.05, 0) is 32.6 Å². The van der Waals surface area contributed by atoms with Gasteiger partial charge in [0.2, 0.25) is 0 Å². The second-order valence-corrected chi connectivity index (χ2v) is 4.58. The number of rotatable bonds is 3. The Hall–Kier alpha value is -1.19. The van der Waals surface area contributed by atoms with Crippen molar-refractivity contribution < 1.29 is 19.1 Å². The molecule has 0 spiro atoms.